The normalized spacial score (nSPS) is 13.7. The number of halogens is 3. The molecule has 0 unspecified atom stereocenters. The highest BCUT2D eigenvalue weighted by atomic mass is 32.2. The van der Waals surface area contributed by atoms with Crippen molar-refractivity contribution in [1.29, 1.82) is 0 Å². The molecule has 8 nitrogen and oxygen atoms in total. The molecular formula is C25H26F3N7OS. The second kappa shape index (κ2) is 12.1. The summed E-state index contributed by atoms with van der Waals surface area (Å²) in [6, 6.07) is 13.0. The van der Waals surface area contributed by atoms with Crippen LogP contribution in [0.3, 0.4) is 0 Å². The van der Waals surface area contributed by atoms with E-state index in [4.69, 9.17) is 0 Å². The maximum Gasteiger partial charge on any atom is 0.416 e. The lowest BCUT2D eigenvalue weighted by molar-refractivity contribution is -0.137. The van der Waals surface area contributed by atoms with Crippen LogP contribution in [0.4, 0.5) is 19.0 Å². The van der Waals surface area contributed by atoms with Crippen LogP contribution in [0.2, 0.25) is 0 Å². The van der Waals surface area contributed by atoms with Crippen LogP contribution in [-0.2, 0) is 17.5 Å². The minimum atomic E-state index is -4.35. The third kappa shape index (κ3) is 6.77. The summed E-state index contributed by atoms with van der Waals surface area (Å²) < 4.78 is 39.6. The van der Waals surface area contributed by atoms with Gasteiger partial charge in [0.25, 0.3) is 0 Å². The smallest absolute Gasteiger partial charge is 0.355 e. The molecule has 12 heteroatoms. The second-order valence-corrected chi connectivity index (χ2v) is 9.02. The summed E-state index contributed by atoms with van der Waals surface area (Å²) in [7, 11) is 0. The summed E-state index contributed by atoms with van der Waals surface area (Å²) in [5.41, 5.74) is 1.50. The lowest BCUT2D eigenvalue weighted by Crippen LogP contribution is -2.43. The highest BCUT2D eigenvalue weighted by molar-refractivity contribution is 7.98. The lowest BCUT2D eigenvalue weighted by Gasteiger charge is -2.28. The number of piperazine rings is 1. The van der Waals surface area contributed by atoms with Crippen LogP contribution < -0.4 is 15.5 Å². The highest BCUT2D eigenvalue weighted by Gasteiger charge is 2.30. The zero-order valence-corrected chi connectivity index (χ0v) is 20.9. The van der Waals surface area contributed by atoms with Gasteiger partial charge >= 0.3 is 6.18 Å². The van der Waals surface area contributed by atoms with E-state index in [2.05, 4.69) is 30.6 Å². The Labute approximate surface area is 216 Å². The van der Waals surface area contributed by atoms with E-state index in [1.165, 1.54) is 28.0 Å². The molecule has 194 valence electrons. The first kappa shape index (κ1) is 26.4. The van der Waals surface area contributed by atoms with Crippen LogP contribution in [-0.4, -0.2) is 58.6 Å². The molecule has 2 aromatic heterocycles. The Balaban J connectivity index is 0.000000225. The van der Waals surface area contributed by atoms with E-state index in [9.17, 15) is 18.0 Å². The van der Waals surface area contributed by atoms with E-state index in [0.717, 1.165) is 55.1 Å². The van der Waals surface area contributed by atoms with Crippen molar-refractivity contribution >= 4 is 35.0 Å². The number of nitrogens with zero attached hydrogens (tertiary/aromatic N) is 5. The molecule has 5 rings (SSSR count). The fourth-order valence-corrected chi connectivity index (χ4v) is 4.20. The van der Waals surface area contributed by atoms with Crippen LogP contribution in [0.1, 0.15) is 11.1 Å². The summed E-state index contributed by atoms with van der Waals surface area (Å²) in [6.45, 7) is 4.02. The van der Waals surface area contributed by atoms with Gasteiger partial charge in [-0.05, 0) is 48.2 Å². The van der Waals surface area contributed by atoms with Gasteiger partial charge in [-0.25, -0.2) is 14.6 Å². The van der Waals surface area contributed by atoms with Crippen LogP contribution >= 0.6 is 11.8 Å². The molecule has 2 aromatic carbocycles. The van der Waals surface area contributed by atoms with E-state index in [-0.39, 0.29) is 0 Å². The van der Waals surface area contributed by atoms with Gasteiger partial charge in [-0.1, -0.05) is 12.1 Å². The fourth-order valence-electron chi connectivity index (χ4n) is 3.79. The molecule has 1 amide bonds. The third-order valence-corrected chi connectivity index (χ3v) is 6.46. The van der Waals surface area contributed by atoms with Gasteiger partial charge in [-0.3, -0.25) is 4.79 Å². The molecule has 0 atom stereocenters. The Hall–Kier alpha value is -3.64. The average molecular weight is 530 g/mol. The number of benzene rings is 2. The summed E-state index contributed by atoms with van der Waals surface area (Å²) >= 11 is 1.71. The zero-order valence-electron chi connectivity index (χ0n) is 20.1. The van der Waals surface area contributed by atoms with Crippen molar-refractivity contribution in [2.75, 3.05) is 37.3 Å². The first-order chi connectivity index (χ1) is 17.9. The number of carbonyl (C=O) groups excluding carboxylic acids is 1. The van der Waals surface area contributed by atoms with E-state index in [0.29, 0.717) is 24.3 Å². The van der Waals surface area contributed by atoms with Crippen molar-refractivity contribution < 1.29 is 18.0 Å². The van der Waals surface area contributed by atoms with Gasteiger partial charge in [0.05, 0.1) is 16.6 Å². The molecule has 0 saturated carbocycles. The summed E-state index contributed by atoms with van der Waals surface area (Å²) in [5.74, 6) is 0.796. The number of alkyl halides is 3. The van der Waals surface area contributed by atoms with Gasteiger partial charge < -0.3 is 15.5 Å². The van der Waals surface area contributed by atoms with Gasteiger partial charge in [0, 0.05) is 43.8 Å². The number of rotatable bonds is 6. The first-order valence-corrected chi connectivity index (χ1v) is 12.7. The van der Waals surface area contributed by atoms with Crippen LogP contribution in [0.5, 0.6) is 0 Å². The minimum absolute atomic E-state index is 0.517. The number of anilines is 1. The quantitative estimate of drug-likeness (QED) is 0.289. The Bertz CT molecular complexity index is 1300. The SMILES string of the molecule is CSc1ccc(CNC=O)cc1.FC(F)(F)c1ccc(-n2cc3c(N4CCNCC4)ncnc3n2)cc1. The Morgan fingerprint density at radius 1 is 1.05 bits per heavy atom. The molecule has 0 radical (unpaired) electrons. The standard InChI is InChI=1S/C16H15F3N6.C9H11NOS/c17-16(18,19)11-1-3-12(4-2-11)25-9-13-14(23-25)21-10-22-15(13)24-7-5-20-6-8-24;1-12-9-4-2-8(3-5-9)6-10-7-11/h1-4,9-10,20H,5-8H2;2-5,7H,6H2,1H3,(H,10,11). The van der Waals surface area contributed by atoms with Gasteiger partial charge in [0.1, 0.15) is 12.1 Å². The van der Waals surface area contributed by atoms with E-state index >= 15 is 0 Å². The van der Waals surface area contributed by atoms with Gasteiger partial charge in [0.2, 0.25) is 6.41 Å². The molecule has 1 aliphatic heterocycles. The van der Waals surface area contributed by atoms with Crippen molar-refractivity contribution in [3.05, 3.63) is 72.2 Å². The van der Waals surface area contributed by atoms with E-state index in [1.54, 1.807) is 18.0 Å². The Kier molecular flexibility index (Phi) is 8.62. The van der Waals surface area contributed by atoms with Gasteiger partial charge in [-0.2, -0.15) is 13.2 Å². The number of amides is 1. The molecule has 1 saturated heterocycles. The molecule has 4 aromatic rings. The van der Waals surface area contributed by atoms with Crippen molar-refractivity contribution in [1.82, 2.24) is 30.4 Å². The van der Waals surface area contributed by atoms with Crippen LogP contribution in [0.15, 0.2) is 66.0 Å². The van der Waals surface area contributed by atoms with Crippen LogP contribution in [0.25, 0.3) is 16.7 Å². The first-order valence-electron chi connectivity index (χ1n) is 11.5. The maximum atomic E-state index is 12.7. The minimum Gasteiger partial charge on any atom is -0.355 e. The third-order valence-electron chi connectivity index (χ3n) is 5.72. The molecular weight excluding hydrogens is 503 g/mol. The van der Waals surface area contributed by atoms with E-state index in [1.807, 2.05) is 30.5 Å². The Morgan fingerprint density at radius 2 is 1.76 bits per heavy atom. The number of hydrogen-bond donors (Lipinski definition) is 2. The van der Waals surface area contributed by atoms with Gasteiger partial charge in [0.15, 0.2) is 5.65 Å². The van der Waals surface area contributed by atoms with Crippen molar-refractivity contribution in [2.24, 2.45) is 0 Å². The summed E-state index contributed by atoms with van der Waals surface area (Å²) in [6.07, 6.45) is 1.62. The number of aromatic nitrogens is 4. The molecule has 1 aliphatic rings. The molecule has 2 N–H and O–H groups in total. The number of fused-ring (bicyclic) bond motifs is 1. The zero-order chi connectivity index (χ0) is 26.3. The Morgan fingerprint density at radius 3 is 2.38 bits per heavy atom. The maximum absolute atomic E-state index is 12.7. The van der Waals surface area contributed by atoms with Crippen molar-refractivity contribution in [3.8, 4) is 5.69 Å². The summed E-state index contributed by atoms with van der Waals surface area (Å²) in [5, 5.41) is 11.1. The second-order valence-electron chi connectivity index (χ2n) is 8.14. The molecule has 0 spiro atoms. The number of nitrogens with one attached hydrogen (secondary N) is 2. The topological polar surface area (TPSA) is 88.0 Å². The molecule has 1 fully saturated rings. The molecule has 37 heavy (non-hydrogen) atoms. The molecule has 0 aliphatic carbocycles. The number of thioether (sulfide) groups is 1. The highest BCUT2D eigenvalue weighted by Crippen LogP contribution is 2.30. The largest absolute Gasteiger partial charge is 0.416 e. The van der Waals surface area contributed by atoms with Crippen molar-refractivity contribution in [3.63, 3.8) is 0 Å². The fraction of sp³-hybridized carbons (Fsp3) is 0.280. The van der Waals surface area contributed by atoms with Crippen molar-refractivity contribution in [2.45, 2.75) is 17.6 Å². The summed E-state index contributed by atoms with van der Waals surface area (Å²) in [4.78, 5) is 21.9. The number of carbonyl (C=O) groups is 1. The molecule has 3 heterocycles. The average Bonchev–Trinajstić information content (AvgIpc) is 3.37. The van der Waals surface area contributed by atoms with Gasteiger partial charge in [-0.15, -0.1) is 16.9 Å². The number of hydrogen-bond acceptors (Lipinski definition) is 7. The predicted octanol–water partition coefficient (Wildman–Crippen LogP) is 3.90. The lowest BCUT2D eigenvalue weighted by atomic mass is 10.2. The van der Waals surface area contributed by atoms with Crippen LogP contribution in [0, 0.1) is 0 Å². The van der Waals surface area contributed by atoms with E-state index < -0.39 is 11.7 Å². The predicted molar refractivity (Wildman–Crippen MR) is 138 cm³/mol. The molecule has 0 bridgehead atoms. The monoisotopic (exact) mass is 529 g/mol.